The van der Waals surface area contributed by atoms with Crippen LogP contribution in [0.1, 0.15) is 11.1 Å². The van der Waals surface area contributed by atoms with Crippen LogP contribution < -0.4 is 10.1 Å². The number of hydrogen-bond donors (Lipinski definition) is 1. The maximum atomic E-state index is 11.3. The Morgan fingerprint density at radius 1 is 1.26 bits per heavy atom. The highest BCUT2D eigenvalue weighted by Gasteiger charge is 2.03. The number of ether oxygens (including phenoxy) is 1. The van der Waals surface area contributed by atoms with Crippen molar-refractivity contribution in [3.05, 3.63) is 58.6 Å². The van der Waals surface area contributed by atoms with Gasteiger partial charge in [-0.2, -0.15) is 5.26 Å². The van der Waals surface area contributed by atoms with Crippen LogP contribution in [0.15, 0.2) is 42.5 Å². The van der Waals surface area contributed by atoms with E-state index in [2.05, 4.69) is 11.4 Å². The molecular formula is C17H17ClN2O2S. The summed E-state index contributed by atoms with van der Waals surface area (Å²) in [5.74, 6) is 1.22. The fourth-order valence-electron chi connectivity index (χ4n) is 2.01. The molecule has 0 aromatic heterocycles. The predicted molar refractivity (Wildman–Crippen MR) is 94.4 cm³/mol. The number of benzene rings is 2. The molecule has 120 valence electrons. The molecule has 2 aromatic rings. The first-order chi connectivity index (χ1) is 11.1. The molecular weight excluding hydrogens is 332 g/mol. The molecule has 0 aliphatic carbocycles. The van der Waals surface area contributed by atoms with E-state index in [1.54, 1.807) is 36.6 Å². The fraction of sp³-hybridized carbons (Fsp3) is 0.235. The minimum absolute atomic E-state index is 0.464. The quantitative estimate of drug-likeness (QED) is 0.777. The van der Waals surface area contributed by atoms with Crippen LogP contribution in [-0.4, -0.2) is 23.6 Å². The van der Waals surface area contributed by atoms with E-state index in [-0.39, 0.29) is 0 Å². The third-order valence-corrected chi connectivity index (χ3v) is 4.14. The topological polar surface area (TPSA) is 62.1 Å². The monoisotopic (exact) mass is 348 g/mol. The Bertz CT molecular complexity index is 726. The van der Waals surface area contributed by atoms with Gasteiger partial charge in [-0.3, -0.25) is 4.21 Å². The molecule has 0 spiro atoms. The van der Waals surface area contributed by atoms with Gasteiger partial charge in [-0.15, -0.1) is 0 Å². The summed E-state index contributed by atoms with van der Waals surface area (Å²) in [5, 5.41) is 12.6. The third kappa shape index (κ3) is 5.59. The van der Waals surface area contributed by atoms with Crippen molar-refractivity contribution in [2.45, 2.75) is 5.75 Å². The normalized spacial score (nSPS) is 11.5. The van der Waals surface area contributed by atoms with Crippen molar-refractivity contribution in [1.82, 2.24) is 0 Å². The number of halogens is 1. The zero-order valence-corrected chi connectivity index (χ0v) is 14.3. The van der Waals surface area contributed by atoms with E-state index in [9.17, 15) is 4.21 Å². The van der Waals surface area contributed by atoms with Crippen LogP contribution in [0.2, 0.25) is 5.02 Å². The third-order valence-electron chi connectivity index (χ3n) is 3.07. The van der Waals surface area contributed by atoms with Crippen LogP contribution in [0, 0.1) is 11.3 Å². The maximum absolute atomic E-state index is 11.3. The first kappa shape index (κ1) is 17.3. The molecule has 0 heterocycles. The highest BCUT2D eigenvalue weighted by molar-refractivity contribution is 7.83. The lowest BCUT2D eigenvalue weighted by molar-refractivity contribution is 0.333. The molecule has 0 saturated heterocycles. The molecule has 1 N–H and O–H groups in total. The summed E-state index contributed by atoms with van der Waals surface area (Å²) in [4.78, 5) is 0. The highest BCUT2D eigenvalue weighted by atomic mass is 35.5. The van der Waals surface area contributed by atoms with Gasteiger partial charge >= 0.3 is 0 Å². The van der Waals surface area contributed by atoms with Gasteiger partial charge in [0, 0.05) is 29.4 Å². The molecule has 2 aromatic carbocycles. The average Bonchev–Trinajstić information content (AvgIpc) is 2.54. The van der Waals surface area contributed by atoms with Gasteiger partial charge in [-0.1, -0.05) is 17.7 Å². The Labute approximate surface area is 143 Å². The van der Waals surface area contributed by atoms with Crippen LogP contribution >= 0.6 is 11.6 Å². The van der Waals surface area contributed by atoms with Crippen LogP contribution in [0.25, 0.3) is 0 Å². The molecule has 0 radical (unpaired) electrons. The molecule has 1 atom stereocenters. The predicted octanol–water partition coefficient (Wildman–Crippen LogP) is 3.58. The molecule has 2 rings (SSSR count). The number of nitrogens with zero attached hydrogens (tertiary/aromatic N) is 1. The van der Waals surface area contributed by atoms with Crippen molar-refractivity contribution in [2.24, 2.45) is 0 Å². The van der Waals surface area contributed by atoms with Crippen molar-refractivity contribution in [2.75, 3.05) is 24.7 Å². The summed E-state index contributed by atoms with van der Waals surface area (Å²) >= 11 is 6.15. The number of anilines is 1. The largest absolute Gasteiger partial charge is 0.492 e. The molecule has 4 nitrogen and oxygen atoms in total. The van der Waals surface area contributed by atoms with Gasteiger partial charge in [-0.25, -0.2) is 0 Å². The highest BCUT2D eigenvalue weighted by Crippen LogP contribution is 2.23. The molecule has 0 saturated carbocycles. The van der Waals surface area contributed by atoms with Gasteiger partial charge in [0.25, 0.3) is 0 Å². The van der Waals surface area contributed by atoms with E-state index in [0.717, 1.165) is 11.3 Å². The molecule has 23 heavy (non-hydrogen) atoms. The van der Waals surface area contributed by atoms with Crippen molar-refractivity contribution in [3.63, 3.8) is 0 Å². The molecule has 6 heteroatoms. The van der Waals surface area contributed by atoms with E-state index in [0.29, 0.717) is 35.2 Å². The van der Waals surface area contributed by atoms with Crippen molar-refractivity contribution in [3.8, 4) is 11.8 Å². The van der Waals surface area contributed by atoms with Crippen LogP contribution in [0.5, 0.6) is 5.75 Å². The molecule has 0 bridgehead atoms. The van der Waals surface area contributed by atoms with Gasteiger partial charge in [0.2, 0.25) is 0 Å². The summed E-state index contributed by atoms with van der Waals surface area (Å²) in [6, 6.07) is 14.6. The molecule has 0 amide bonds. The van der Waals surface area contributed by atoms with E-state index in [4.69, 9.17) is 21.6 Å². The van der Waals surface area contributed by atoms with Gasteiger partial charge in [0.15, 0.2) is 0 Å². The first-order valence-corrected chi connectivity index (χ1v) is 9.14. The van der Waals surface area contributed by atoms with Gasteiger partial charge in [0.05, 0.1) is 22.3 Å². The van der Waals surface area contributed by atoms with Gasteiger partial charge < -0.3 is 10.1 Å². The number of nitrogens with one attached hydrogen (secondary N) is 1. The van der Waals surface area contributed by atoms with E-state index < -0.39 is 10.8 Å². The SMILES string of the molecule is CS(=O)Cc1ccc(Cl)c(NCCOc2ccc(C#N)cc2)c1. The van der Waals surface area contributed by atoms with Crippen LogP contribution in [0.4, 0.5) is 5.69 Å². The molecule has 0 aliphatic rings. The van der Waals surface area contributed by atoms with E-state index >= 15 is 0 Å². The Balaban J connectivity index is 1.85. The lowest BCUT2D eigenvalue weighted by Gasteiger charge is -2.11. The van der Waals surface area contributed by atoms with E-state index in [1.165, 1.54) is 0 Å². The maximum Gasteiger partial charge on any atom is 0.119 e. The van der Waals surface area contributed by atoms with Crippen molar-refractivity contribution >= 4 is 28.1 Å². The Hall–Kier alpha value is -2.03. The lowest BCUT2D eigenvalue weighted by atomic mass is 10.2. The molecule has 0 aliphatic heterocycles. The lowest BCUT2D eigenvalue weighted by Crippen LogP contribution is -2.12. The summed E-state index contributed by atoms with van der Waals surface area (Å²) in [7, 11) is -0.885. The Kier molecular flexibility index (Phi) is 6.45. The fourth-order valence-corrected chi connectivity index (χ4v) is 2.85. The summed E-state index contributed by atoms with van der Waals surface area (Å²) in [6.07, 6.45) is 1.67. The number of hydrogen-bond acceptors (Lipinski definition) is 4. The van der Waals surface area contributed by atoms with Crippen LogP contribution in [0.3, 0.4) is 0 Å². The minimum Gasteiger partial charge on any atom is -0.492 e. The summed E-state index contributed by atoms with van der Waals surface area (Å²) in [6.45, 7) is 1.05. The Morgan fingerprint density at radius 3 is 2.65 bits per heavy atom. The Morgan fingerprint density at radius 2 is 2.00 bits per heavy atom. The number of nitriles is 1. The van der Waals surface area contributed by atoms with Crippen molar-refractivity contribution in [1.29, 1.82) is 5.26 Å². The van der Waals surface area contributed by atoms with Crippen molar-refractivity contribution < 1.29 is 8.95 Å². The van der Waals surface area contributed by atoms with Gasteiger partial charge in [-0.05, 0) is 42.0 Å². The smallest absolute Gasteiger partial charge is 0.119 e. The molecule has 0 fully saturated rings. The second-order valence-electron chi connectivity index (χ2n) is 4.94. The molecule has 1 unspecified atom stereocenters. The standard InChI is InChI=1S/C17H17ClN2O2S/c1-23(21)12-14-4-7-16(18)17(10-14)20-8-9-22-15-5-2-13(11-19)3-6-15/h2-7,10,20H,8-9,12H2,1H3. The second kappa shape index (κ2) is 8.56. The zero-order valence-electron chi connectivity index (χ0n) is 12.7. The second-order valence-corrected chi connectivity index (χ2v) is 6.79. The minimum atomic E-state index is -0.885. The summed E-state index contributed by atoms with van der Waals surface area (Å²) in [5.41, 5.74) is 2.39. The zero-order chi connectivity index (χ0) is 16.7. The van der Waals surface area contributed by atoms with Crippen LogP contribution in [-0.2, 0) is 16.6 Å². The average molecular weight is 349 g/mol. The van der Waals surface area contributed by atoms with Gasteiger partial charge in [0.1, 0.15) is 12.4 Å². The summed E-state index contributed by atoms with van der Waals surface area (Å²) < 4.78 is 16.9. The first-order valence-electron chi connectivity index (χ1n) is 7.04. The number of rotatable bonds is 7. The van der Waals surface area contributed by atoms with E-state index in [1.807, 2.05) is 12.1 Å².